The number of aryl methyl sites for hydroxylation is 1. The summed E-state index contributed by atoms with van der Waals surface area (Å²) < 4.78 is 21.2. The maximum atomic E-state index is 14.0. The van der Waals surface area contributed by atoms with Gasteiger partial charge < -0.3 is 34.6 Å². The summed E-state index contributed by atoms with van der Waals surface area (Å²) in [5, 5.41) is 14.4. The fraction of sp³-hybridized carbons (Fsp3) is 0.388. The van der Waals surface area contributed by atoms with Gasteiger partial charge >= 0.3 is 0 Å². The summed E-state index contributed by atoms with van der Waals surface area (Å²) in [7, 11) is 0.823. The molecule has 2 aromatic heterocycles. The van der Waals surface area contributed by atoms with E-state index in [0.717, 1.165) is 45.5 Å². The van der Waals surface area contributed by atoms with Crippen molar-refractivity contribution in [3.63, 3.8) is 0 Å². The van der Waals surface area contributed by atoms with Crippen LogP contribution in [0.5, 0.6) is 5.75 Å². The molecule has 4 aliphatic heterocycles. The number of halogens is 1. The monoisotopic (exact) mass is 973 g/mol. The summed E-state index contributed by atoms with van der Waals surface area (Å²) in [4.78, 5) is 81.5. The van der Waals surface area contributed by atoms with Gasteiger partial charge in [-0.15, -0.1) is 0 Å². The zero-order valence-electron chi connectivity index (χ0n) is 38.8. The third kappa shape index (κ3) is 9.15. The topological polar surface area (TPSA) is 204 Å². The van der Waals surface area contributed by atoms with Gasteiger partial charge in [-0.05, 0) is 93.3 Å². The van der Waals surface area contributed by atoms with E-state index in [0.29, 0.717) is 86.0 Å². The van der Waals surface area contributed by atoms with E-state index in [-0.39, 0.29) is 41.7 Å². The minimum Gasteiger partial charge on any atom is -0.494 e. The van der Waals surface area contributed by atoms with Crippen LogP contribution in [0.1, 0.15) is 70.7 Å². The van der Waals surface area contributed by atoms with E-state index in [2.05, 4.69) is 41.9 Å². The molecule has 1 aliphatic carbocycles. The van der Waals surface area contributed by atoms with Gasteiger partial charge in [-0.3, -0.25) is 38.9 Å². The summed E-state index contributed by atoms with van der Waals surface area (Å²) in [5.41, 5.74) is 6.45. The number of hydrogen-bond acceptors (Lipinski definition) is 14. The number of hydrogen-bond donors (Lipinski definition) is 3. The molecule has 1 saturated carbocycles. The molecule has 10 rings (SSSR count). The normalized spacial score (nSPS) is 18.9. The first-order valence-corrected chi connectivity index (χ1v) is 26.2. The highest BCUT2D eigenvalue weighted by Gasteiger charge is 2.45. The van der Waals surface area contributed by atoms with Crippen LogP contribution in [0.2, 0.25) is 5.02 Å². The molecule has 20 heteroatoms. The Morgan fingerprint density at radius 2 is 1.58 bits per heavy atom. The number of imide groups is 2. The zero-order chi connectivity index (χ0) is 48.3. The number of benzene rings is 3. The number of carbonyl (C=O) groups excluding carboxylic acids is 5. The smallest absolute Gasteiger partial charge is 0.262 e. The van der Waals surface area contributed by atoms with Crippen molar-refractivity contribution < 1.29 is 33.3 Å². The second-order valence-corrected chi connectivity index (χ2v) is 22.4. The first-order chi connectivity index (χ1) is 33.1. The van der Waals surface area contributed by atoms with Crippen LogP contribution in [-0.4, -0.2) is 125 Å². The Labute approximate surface area is 404 Å². The Kier molecular flexibility index (Phi) is 12.2. The lowest BCUT2D eigenvalue weighted by molar-refractivity contribution is -0.137. The quantitative estimate of drug-likeness (QED) is 0.0953. The predicted octanol–water partition coefficient (Wildman–Crippen LogP) is 6.12. The molecular weight excluding hydrogens is 921 g/mol. The molecule has 5 aromatic rings. The number of ether oxygens (including phenoxy) is 1. The van der Waals surface area contributed by atoms with E-state index in [1.165, 1.54) is 11.8 Å². The second kappa shape index (κ2) is 18.3. The molecule has 0 spiro atoms. The van der Waals surface area contributed by atoms with Gasteiger partial charge in [-0.2, -0.15) is 10.1 Å². The number of aromatic nitrogens is 4. The fourth-order valence-electron chi connectivity index (χ4n) is 9.89. The van der Waals surface area contributed by atoms with Gasteiger partial charge in [-0.25, -0.2) is 4.98 Å². The summed E-state index contributed by atoms with van der Waals surface area (Å²) in [6.45, 7) is 6.91. The van der Waals surface area contributed by atoms with Crippen LogP contribution in [0, 0.1) is 5.92 Å². The number of fused-ring (bicyclic) bond motifs is 1. The van der Waals surface area contributed by atoms with Crippen LogP contribution in [0.25, 0.3) is 11.1 Å². The van der Waals surface area contributed by atoms with Crippen LogP contribution in [0.3, 0.4) is 0 Å². The average molecular weight is 974 g/mol. The maximum Gasteiger partial charge on any atom is 0.262 e. The largest absolute Gasteiger partial charge is 0.494 e. The predicted molar refractivity (Wildman–Crippen MR) is 263 cm³/mol. The van der Waals surface area contributed by atoms with Crippen LogP contribution >= 0.6 is 18.7 Å². The molecule has 3 aromatic carbocycles. The maximum absolute atomic E-state index is 14.0. The van der Waals surface area contributed by atoms with E-state index < -0.39 is 36.8 Å². The summed E-state index contributed by atoms with van der Waals surface area (Å²) >= 11 is 6.65. The van der Waals surface area contributed by atoms with Crippen LogP contribution in [-0.2, 0) is 26.0 Å². The van der Waals surface area contributed by atoms with Crippen molar-refractivity contribution in [2.75, 3.05) is 80.1 Å². The average Bonchev–Trinajstić information content (AvgIpc) is 4.06. The molecule has 3 N–H and O–H groups in total. The summed E-state index contributed by atoms with van der Waals surface area (Å²) in [5.74, 6) is -0.484. The van der Waals surface area contributed by atoms with Crippen LogP contribution in [0.15, 0.2) is 67.1 Å². The number of anilines is 6. The molecule has 5 amide bonds. The van der Waals surface area contributed by atoms with Crippen LogP contribution in [0.4, 0.5) is 34.5 Å². The number of nitrogens with zero attached hydrogens (tertiary/aromatic N) is 8. The molecule has 4 fully saturated rings. The molecule has 3 saturated heterocycles. The molecule has 69 heavy (non-hydrogen) atoms. The number of piperidine rings is 2. The second-order valence-electron chi connectivity index (χ2n) is 18.8. The molecule has 5 aliphatic rings. The lowest BCUT2D eigenvalue weighted by atomic mass is 9.93. The Morgan fingerprint density at radius 3 is 2.26 bits per heavy atom. The first kappa shape index (κ1) is 46.0. The fourth-order valence-corrected chi connectivity index (χ4v) is 11.2. The highest BCUT2D eigenvalue weighted by molar-refractivity contribution is 7.70. The van der Waals surface area contributed by atoms with E-state index in [9.17, 15) is 28.5 Å². The molecule has 1 unspecified atom stereocenters. The van der Waals surface area contributed by atoms with Crippen molar-refractivity contribution in [1.82, 2.24) is 34.9 Å². The number of rotatable bonds is 12. The van der Waals surface area contributed by atoms with Gasteiger partial charge in [-0.1, -0.05) is 17.7 Å². The number of carbonyl (C=O) groups is 5. The Bertz CT molecular complexity index is 2970. The van der Waals surface area contributed by atoms with Crippen molar-refractivity contribution in [3.8, 4) is 16.9 Å². The summed E-state index contributed by atoms with van der Waals surface area (Å²) in [6, 6.07) is 14.1. The third-order valence-electron chi connectivity index (χ3n) is 13.8. The lowest BCUT2D eigenvalue weighted by Gasteiger charge is -2.40. The van der Waals surface area contributed by atoms with Gasteiger partial charge in [0.25, 0.3) is 11.8 Å². The van der Waals surface area contributed by atoms with Gasteiger partial charge in [0.2, 0.25) is 23.7 Å². The molecule has 0 radical (unpaired) electrons. The van der Waals surface area contributed by atoms with Gasteiger partial charge in [0.05, 0.1) is 42.0 Å². The van der Waals surface area contributed by atoms with Crippen molar-refractivity contribution in [1.29, 1.82) is 0 Å². The molecular formula is C49H53ClN11O7P. The van der Waals surface area contributed by atoms with Crippen molar-refractivity contribution in [3.05, 3.63) is 88.8 Å². The van der Waals surface area contributed by atoms with Gasteiger partial charge in [0.15, 0.2) is 5.82 Å². The molecule has 18 nitrogen and oxygen atoms in total. The first-order valence-electron chi connectivity index (χ1n) is 23.2. The Balaban J connectivity index is 0.804. The van der Waals surface area contributed by atoms with E-state index in [1.54, 1.807) is 43.3 Å². The zero-order valence-corrected chi connectivity index (χ0v) is 40.5. The standard InChI is InChI=1S/C49H53ClN11O7P/c1-57-27-31(25-52-57)34-23-38(54-49-51-26-36(50)44(56-49)53-37-10-7-30(28-5-6-28)21-42(37)69(3,4)67)41(68-2)24-40(34)59-15-13-29(14-16-59)46(64)60-19-17-58(18-20-60)32-8-9-33-35(22-32)48(66)61(47(33)65)39-11-12-43(62)55-45(39)63/h7-10,21-29,39H,5-6,11-20H2,1-4H3,(H,55,62,63)(H2,51,53,54,56). The highest BCUT2D eigenvalue weighted by atomic mass is 35.5. The Morgan fingerprint density at radius 1 is 0.826 bits per heavy atom. The SMILES string of the molecule is COc1cc(N2CCC(C(=O)N3CCN(c4ccc5c(c4)C(=O)N(C4CCC(=O)NC4=O)C5=O)CC3)CC2)c(-c2cnn(C)c2)cc1Nc1ncc(Cl)c(Nc2ccc(C3CC3)cc2P(C)(C)=O)n1. The molecule has 1 atom stereocenters. The Hall–Kier alpha value is -6.78. The molecule has 0 bridgehead atoms. The van der Waals surface area contributed by atoms with Gasteiger partial charge in [0.1, 0.15) is 24.0 Å². The van der Waals surface area contributed by atoms with Crippen LogP contribution < -0.4 is 35.8 Å². The van der Waals surface area contributed by atoms with E-state index >= 15 is 0 Å². The number of methoxy groups -OCH3 is 1. The minimum atomic E-state index is -2.65. The molecule has 6 heterocycles. The third-order valence-corrected chi connectivity index (χ3v) is 15.6. The van der Waals surface area contributed by atoms with E-state index in [4.69, 9.17) is 21.3 Å². The lowest BCUT2D eigenvalue weighted by Crippen LogP contribution is -2.54. The number of amides is 5. The number of piperazine rings is 1. The molecule has 358 valence electrons. The van der Waals surface area contributed by atoms with Crippen molar-refractivity contribution >= 4 is 88.1 Å². The van der Waals surface area contributed by atoms with Crippen molar-refractivity contribution in [2.24, 2.45) is 13.0 Å². The van der Waals surface area contributed by atoms with E-state index in [1.807, 2.05) is 48.6 Å². The number of nitrogens with one attached hydrogen (secondary N) is 3. The summed E-state index contributed by atoms with van der Waals surface area (Å²) in [6.07, 6.45) is 9.03. The van der Waals surface area contributed by atoms with Crippen molar-refractivity contribution in [2.45, 2.75) is 50.5 Å². The minimum absolute atomic E-state index is 0.0540. The highest BCUT2D eigenvalue weighted by Crippen LogP contribution is 2.45. The van der Waals surface area contributed by atoms with Gasteiger partial charge in [0, 0.05) is 98.7 Å².